The lowest BCUT2D eigenvalue weighted by Crippen LogP contribution is -2.18. The summed E-state index contributed by atoms with van der Waals surface area (Å²) in [5.74, 6) is 1.68. The zero-order chi connectivity index (χ0) is 10.7. The molecule has 0 amide bonds. The number of hydrogen-bond donors (Lipinski definition) is 1. The number of rotatable bonds is 6. The largest absolute Gasteiger partial charge is 0.312 e. The third kappa shape index (κ3) is 3.92. The van der Waals surface area contributed by atoms with Gasteiger partial charge in [0.1, 0.15) is 0 Å². The van der Waals surface area contributed by atoms with E-state index in [1.165, 1.54) is 29.1 Å². The fourth-order valence-electron chi connectivity index (χ4n) is 1.58. The lowest BCUT2D eigenvalue weighted by Gasteiger charge is -2.04. The van der Waals surface area contributed by atoms with Crippen LogP contribution in [-0.4, -0.2) is 11.5 Å². The van der Waals surface area contributed by atoms with E-state index in [0.29, 0.717) is 0 Å². The molecule has 84 valence electrons. The Morgan fingerprint density at radius 2 is 2.33 bits per heavy atom. The van der Waals surface area contributed by atoms with Crippen molar-refractivity contribution in [2.75, 3.05) is 6.54 Å². The van der Waals surface area contributed by atoms with Crippen molar-refractivity contribution in [1.29, 1.82) is 0 Å². The van der Waals surface area contributed by atoms with Crippen molar-refractivity contribution in [2.24, 2.45) is 11.8 Å². The molecule has 1 fully saturated rings. The summed E-state index contributed by atoms with van der Waals surface area (Å²) in [7, 11) is 0. The van der Waals surface area contributed by atoms with Crippen molar-refractivity contribution in [3.63, 3.8) is 0 Å². The van der Waals surface area contributed by atoms with E-state index in [1.54, 1.807) is 0 Å². The van der Waals surface area contributed by atoms with Gasteiger partial charge in [-0.2, -0.15) is 0 Å². The quantitative estimate of drug-likeness (QED) is 0.803. The topological polar surface area (TPSA) is 24.9 Å². The highest BCUT2D eigenvalue weighted by molar-refractivity contribution is 7.11. The minimum Gasteiger partial charge on any atom is -0.312 e. The number of hydrogen-bond acceptors (Lipinski definition) is 3. The summed E-state index contributed by atoms with van der Waals surface area (Å²) in [6.07, 6.45) is 6.09. The Morgan fingerprint density at radius 3 is 3.00 bits per heavy atom. The molecule has 1 aromatic heterocycles. The molecule has 2 rings (SSSR count). The molecule has 0 spiro atoms. The van der Waals surface area contributed by atoms with Gasteiger partial charge >= 0.3 is 0 Å². The molecule has 1 aliphatic rings. The Morgan fingerprint density at radius 1 is 1.53 bits per heavy atom. The van der Waals surface area contributed by atoms with Gasteiger partial charge in [0.25, 0.3) is 0 Å². The van der Waals surface area contributed by atoms with Gasteiger partial charge in [0.2, 0.25) is 0 Å². The van der Waals surface area contributed by atoms with Gasteiger partial charge in [-0.15, -0.1) is 11.3 Å². The number of nitrogens with zero attached hydrogens (tertiary/aromatic N) is 1. The van der Waals surface area contributed by atoms with Crippen molar-refractivity contribution >= 4 is 11.3 Å². The van der Waals surface area contributed by atoms with Gasteiger partial charge in [-0.1, -0.05) is 13.8 Å². The van der Waals surface area contributed by atoms with E-state index in [9.17, 15) is 0 Å². The number of aromatic nitrogens is 1. The standard InChI is InChI=1S/C12H20N2S/c1-9(2)6-13-7-11-8-14-12(15-11)5-10-3-4-10/h8-10,13H,3-7H2,1-2H3. The Bertz CT molecular complexity index is 302. The van der Waals surface area contributed by atoms with Gasteiger partial charge in [-0.3, -0.25) is 0 Å². The highest BCUT2D eigenvalue weighted by Crippen LogP contribution is 2.33. The first-order valence-electron chi connectivity index (χ1n) is 5.88. The van der Waals surface area contributed by atoms with Gasteiger partial charge < -0.3 is 5.32 Å². The van der Waals surface area contributed by atoms with Crippen LogP contribution in [-0.2, 0) is 13.0 Å². The summed E-state index contributed by atoms with van der Waals surface area (Å²) in [5, 5.41) is 4.79. The molecule has 0 unspecified atom stereocenters. The predicted octanol–water partition coefficient (Wildman–Crippen LogP) is 2.84. The average molecular weight is 224 g/mol. The maximum Gasteiger partial charge on any atom is 0.0930 e. The van der Waals surface area contributed by atoms with Crippen molar-refractivity contribution < 1.29 is 0 Å². The van der Waals surface area contributed by atoms with Gasteiger partial charge in [0.05, 0.1) is 5.01 Å². The normalized spacial score (nSPS) is 16.2. The Hall–Kier alpha value is -0.410. The lowest BCUT2D eigenvalue weighted by molar-refractivity contribution is 0.554. The summed E-state index contributed by atoms with van der Waals surface area (Å²) in [4.78, 5) is 5.85. The molecule has 0 atom stereocenters. The summed E-state index contributed by atoms with van der Waals surface area (Å²) in [5.41, 5.74) is 0. The molecule has 3 heteroatoms. The van der Waals surface area contributed by atoms with Crippen LogP contribution < -0.4 is 5.32 Å². The fourth-order valence-corrected chi connectivity index (χ4v) is 2.58. The van der Waals surface area contributed by atoms with Crippen LogP contribution in [0.15, 0.2) is 6.20 Å². The number of nitrogens with one attached hydrogen (secondary N) is 1. The van der Waals surface area contributed by atoms with Gasteiger partial charge in [-0.05, 0) is 31.2 Å². The van der Waals surface area contributed by atoms with Crippen molar-refractivity contribution in [3.8, 4) is 0 Å². The van der Waals surface area contributed by atoms with Crippen molar-refractivity contribution in [1.82, 2.24) is 10.3 Å². The Balaban J connectivity index is 1.73. The van der Waals surface area contributed by atoms with Crippen LogP contribution in [0, 0.1) is 11.8 Å². The SMILES string of the molecule is CC(C)CNCc1cnc(CC2CC2)s1. The molecule has 0 saturated heterocycles. The Kier molecular flexibility index (Phi) is 3.76. The van der Waals surface area contributed by atoms with Crippen molar-refractivity contribution in [2.45, 2.75) is 39.7 Å². The highest BCUT2D eigenvalue weighted by Gasteiger charge is 2.22. The molecule has 1 saturated carbocycles. The van der Waals surface area contributed by atoms with E-state index < -0.39 is 0 Å². The number of thiazole rings is 1. The molecule has 0 aromatic carbocycles. The molecular weight excluding hydrogens is 204 g/mol. The first-order chi connectivity index (χ1) is 7.24. The van der Waals surface area contributed by atoms with Crippen LogP contribution in [0.25, 0.3) is 0 Å². The maximum absolute atomic E-state index is 4.47. The fraction of sp³-hybridized carbons (Fsp3) is 0.750. The monoisotopic (exact) mass is 224 g/mol. The summed E-state index contributed by atoms with van der Waals surface area (Å²) in [6.45, 7) is 6.55. The third-order valence-electron chi connectivity index (χ3n) is 2.61. The second-order valence-corrected chi connectivity index (χ2v) is 6.09. The molecule has 15 heavy (non-hydrogen) atoms. The zero-order valence-corrected chi connectivity index (χ0v) is 10.4. The van der Waals surface area contributed by atoms with E-state index in [0.717, 1.165) is 24.9 Å². The van der Waals surface area contributed by atoms with E-state index >= 15 is 0 Å². The Labute approximate surface area is 96.1 Å². The third-order valence-corrected chi connectivity index (χ3v) is 3.63. The van der Waals surface area contributed by atoms with Crippen LogP contribution in [0.1, 0.15) is 36.6 Å². The van der Waals surface area contributed by atoms with E-state index in [1.807, 2.05) is 17.5 Å². The minimum absolute atomic E-state index is 0.726. The van der Waals surface area contributed by atoms with Gasteiger partial charge in [0.15, 0.2) is 0 Å². The van der Waals surface area contributed by atoms with Crippen LogP contribution in [0.3, 0.4) is 0 Å². The molecule has 1 aliphatic carbocycles. The van der Waals surface area contributed by atoms with E-state index in [4.69, 9.17) is 0 Å². The summed E-state index contributed by atoms with van der Waals surface area (Å²) >= 11 is 1.88. The van der Waals surface area contributed by atoms with Gasteiger partial charge in [0, 0.05) is 24.0 Å². The van der Waals surface area contributed by atoms with Crippen LogP contribution >= 0.6 is 11.3 Å². The summed E-state index contributed by atoms with van der Waals surface area (Å²) in [6, 6.07) is 0. The molecule has 1 aromatic rings. The molecular formula is C12H20N2S. The van der Waals surface area contributed by atoms with E-state index in [-0.39, 0.29) is 0 Å². The molecule has 0 bridgehead atoms. The highest BCUT2D eigenvalue weighted by atomic mass is 32.1. The van der Waals surface area contributed by atoms with Gasteiger partial charge in [-0.25, -0.2) is 4.98 Å². The predicted molar refractivity (Wildman–Crippen MR) is 65.1 cm³/mol. The molecule has 2 nitrogen and oxygen atoms in total. The van der Waals surface area contributed by atoms with E-state index in [2.05, 4.69) is 24.1 Å². The molecule has 0 radical (unpaired) electrons. The van der Waals surface area contributed by atoms with Crippen LogP contribution in [0.2, 0.25) is 0 Å². The molecule has 0 aliphatic heterocycles. The lowest BCUT2D eigenvalue weighted by atomic mass is 10.2. The van der Waals surface area contributed by atoms with Crippen LogP contribution in [0.5, 0.6) is 0 Å². The maximum atomic E-state index is 4.47. The average Bonchev–Trinajstić information content (AvgIpc) is 2.86. The molecule has 1 N–H and O–H groups in total. The second kappa shape index (κ2) is 5.08. The first kappa shape index (κ1) is 11.1. The second-order valence-electron chi connectivity index (χ2n) is 4.89. The first-order valence-corrected chi connectivity index (χ1v) is 6.70. The summed E-state index contributed by atoms with van der Waals surface area (Å²) < 4.78 is 0. The van der Waals surface area contributed by atoms with Crippen molar-refractivity contribution in [3.05, 3.63) is 16.1 Å². The minimum atomic E-state index is 0.726. The molecule has 1 heterocycles. The zero-order valence-electron chi connectivity index (χ0n) is 9.62. The van der Waals surface area contributed by atoms with Crippen LogP contribution in [0.4, 0.5) is 0 Å². The smallest absolute Gasteiger partial charge is 0.0930 e.